The van der Waals surface area contributed by atoms with E-state index in [1.165, 1.54) is 0 Å². The number of carbonyl (C=O) groups excluding carboxylic acids is 2. The van der Waals surface area contributed by atoms with Crippen LogP contribution in [0.2, 0.25) is 0 Å². The second-order valence-corrected chi connectivity index (χ2v) is 5.13. The summed E-state index contributed by atoms with van der Waals surface area (Å²) in [6, 6.07) is 11.4. The number of nitrogens with one attached hydrogen (secondary N) is 2. The molecule has 0 aliphatic carbocycles. The lowest BCUT2D eigenvalue weighted by molar-refractivity contribution is -0.124. The molecule has 0 saturated heterocycles. The first-order valence-electron chi connectivity index (χ1n) is 6.99. The molecule has 2 N–H and O–H groups in total. The predicted molar refractivity (Wildman–Crippen MR) is 82.8 cm³/mol. The predicted octanol–water partition coefficient (Wildman–Crippen LogP) is 2.34. The Hall–Kier alpha value is -2.43. The quantitative estimate of drug-likeness (QED) is 0.885. The van der Waals surface area contributed by atoms with E-state index in [-0.39, 0.29) is 24.2 Å². The van der Waals surface area contributed by atoms with E-state index in [4.69, 9.17) is 0 Å². The van der Waals surface area contributed by atoms with Gasteiger partial charge in [-0.15, -0.1) is 0 Å². The highest BCUT2D eigenvalue weighted by atomic mass is 16.2. The van der Waals surface area contributed by atoms with Crippen LogP contribution in [0.3, 0.4) is 0 Å². The largest absolute Gasteiger partial charge is 0.355 e. The third-order valence-electron chi connectivity index (χ3n) is 3.04. The molecular formula is C16H19N3O2. The average Bonchev–Trinajstić information content (AvgIpc) is 2.46. The first kappa shape index (κ1) is 15.0. The molecule has 5 heteroatoms. The molecule has 0 aliphatic heterocycles. The summed E-state index contributed by atoms with van der Waals surface area (Å²) in [4.78, 5) is 27.5. The number of hydrogen-bond acceptors (Lipinski definition) is 3. The van der Waals surface area contributed by atoms with Gasteiger partial charge in [0.05, 0.1) is 5.52 Å². The van der Waals surface area contributed by atoms with E-state index >= 15 is 0 Å². The Labute approximate surface area is 123 Å². The van der Waals surface area contributed by atoms with E-state index in [0.29, 0.717) is 12.4 Å². The normalized spacial score (nSPS) is 10.6. The van der Waals surface area contributed by atoms with Crippen LogP contribution >= 0.6 is 0 Å². The van der Waals surface area contributed by atoms with Gasteiger partial charge in [-0.3, -0.25) is 9.59 Å². The molecule has 1 aromatic heterocycles. The number of benzene rings is 1. The monoisotopic (exact) mass is 285 g/mol. The van der Waals surface area contributed by atoms with Crippen LogP contribution in [0.1, 0.15) is 20.3 Å². The fraction of sp³-hybridized carbons (Fsp3) is 0.312. The zero-order valence-electron chi connectivity index (χ0n) is 12.2. The Bertz CT molecular complexity index is 653. The summed E-state index contributed by atoms with van der Waals surface area (Å²) in [5.74, 6) is 0.234. The highest BCUT2D eigenvalue weighted by Crippen LogP contribution is 2.14. The number of fused-ring (bicyclic) bond motifs is 1. The van der Waals surface area contributed by atoms with Crippen LogP contribution in [-0.2, 0) is 9.59 Å². The molecule has 0 bridgehead atoms. The number of rotatable bonds is 5. The second-order valence-electron chi connectivity index (χ2n) is 5.13. The van der Waals surface area contributed by atoms with Crippen LogP contribution in [0, 0.1) is 5.92 Å². The first-order chi connectivity index (χ1) is 10.1. The van der Waals surface area contributed by atoms with Crippen molar-refractivity contribution in [3.05, 3.63) is 36.4 Å². The summed E-state index contributed by atoms with van der Waals surface area (Å²) in [6.07, 6.45) is 0.229. The fourth-order valence-corrected chi connectivity index (χ4v) is 1.84. The summed E-state index contributed by atoms with van der Waals surface area (Å²) in [5, 5.41) is 6.47. The molecule has 110 valence electrons. The van der Waals surface area contributed by atoms with Crippen LogP contribution in [0.5, 0.6) is 0 Å². The van der Waals surface area contributed by atoms with Gasteiger partial charge in [-0.25, -0.2) is 4.98 Å². The average molecular weight is 285 g/mol. The van der Waals surface area contributed by atoms with Gasteiger partial charge in [0, 0.05) is 24.3 Å². The third-order valence-corrected chi connectivity index (χ3v) is 3.04. The summed E-state index contributed by atoms with van der Waals surface area (Å²) in [7, 11) is 0. The molecule has 5 nitrogen and oxygen atoms in total. The second kappa shape index (κ2) is 6.83. The molecule has 0 aliphatic rings. The van der Waals surface area contributed by atoms with Crippen molar-refractivity contribution in [2.24, 2.45) is 5.92 Å². The van der Waals surface area contributed by atoms with Gasteiger partial charge >= 0.3 is 0 Å². The standard InChI is InChI=1S/C16H19N3O2/c1-11(2)16(21)17-10-9-15(20)19-14-8-7-12-5-3-4-6-13(12)18-14/h3-8,11H,9-10H2,1-2H3,(H,17,21)(H,18,19,20). The lowest BCUT2D eigenvalue weighted by Gasteiger charge is -2.08. The van der Waals surface area contributed by atoms with Crippen LogP contribution in [-0.4, -0.2) is 23.3 Å². The Kier molecular flexibility index (Phi) is 4.87. The van der Waals surface area contributed by atoms with Crippen molar-refractivity contribution in [2.45, 2.75) is 20.3 Å². The Morgan fingerprint density at radius 1 is 1.14 bits per heavy atom. The van der Waals surface area contributed by atoms with E-state index in [1.54, 1.807) is 6.07 Å². The van der Waals surface area contributed by atoms with Gasteiger partial charge in [-0.2, -0.15) is 0 Å². The number of pyridine rings is 1. The Morgan fingerprint density at radius 2 is 1.90 bits per heavy atom. The summed E-state index contributed by atoms with van der Waals surface area (Å²) < 4.78 is 0. The molecule has 21 heavy (non-hydrogen) atoms. The van der Waals surface area contributed by atoms with Gasteiger partial charge in [0.1, 0.15) is 5.82 Å². The number of aromatic nitrogens is 1. The van der Waals surface area contributed by atoms with Gasteiger partial charge in [-0.1, -0.05) is 32.0 Å². The maximum Gasteiger partial charge on any atom is 0.227 e. The highest BCUT2D eigenvalue weighted by molar-refractivity contribution is 5.91. The van der Waals surface area contributed by atoms with Crippen LogP contribution in [0.25, 0.3) is 10.9 Å². The van der Waals surface area contributed by atoms with Gasteiger partial charge in [0.25, 0.3) is 0 Å². The zero-order chi connectivity index (χ0) is 15.2. The lowest BCUT2D eigenvalue weighted by Crippen LogP contribution is -2.30. The number of para-hydroxylation sites is 1. The maximum atomic E-state index is 11.8. The van der Waals surface area contributed by atoms with Crippen molar-refractivity contribution in [1.29, 1.82) is 0 Å². The van der Waals surface area contributed by atoms with Crippen molar-refractivity contribution in [3.8, 4) is 0 Å². The van der Waals surface area contributed by atoms with Gasteiger partial charge in [-0.05, 0) is 18.2 Å². The molecule has 0 saturated carbocycles. The molecule has 0 unspecified atom stereocenters. The number of nitrogens with zero attached hydrogens (tertiary/aromatic N) is 1. The lowest BCUT2D eigenvalue weighted by atomic mass is 10.2. The van der Waals surface area contributed by atoms with Crippen molar-refractivity contribution >= 4 is 28.5 Å². The minimum atomic E-state index is -0.165. The summed E-state index contributed by atoms with van der Waals surface area (Å²) >= 11 is 0. The molecule has 1 heterocycles. The molecule has 1 aromatic carbocycles. The Balaban J connectivity index is 1.88. The highest BCUT2D eigenvalue weighted by Gasteiger charge is 2.08. The summed E-state index contributed by atoms with van der Waals surface area (Å²) in [6.45, 7) is 3.96. The number of anilines is 1. The number of amides is 2. The van der Waals surface area contributed by atoms with E-state index in [9.17, 15) is 9.59 Å². The minimum absolute atomic E-state index is 0.0494. The van der Waals surface area contributed by atoms with Crippen molar-refractivity contribution in [3.63, 3.8) is 0 Å². The van der Waals surface area contributed by atoms with E-state index in [0.717, 1.165) is 10.9 Å². The van der Waals surface area contributed by atoms with Gasteiger partial charge in [0.2, 0.25) is 11.8 Å². The van der Waals surface area contributed by atoms with Crippen LogP contribution < -0.4 is 10.6 Å². The SMILES string of the molecule is CC(C)C(=O)NCCC(=O)Nc1ccc2ccccc2n1. The molecule has 2 rings (SSSR count). The first-order valence-corrected chi connectivity index (χ1v) is 6.99. The van der Waals surface area contributed by atoms with Crippen molar-refractivity contribution in [2.75, 3.05) is 11.9 Å². The minimum Gasteiger partial charge on any atom is -0.355 e. The van der Waals surface area contributed by atoms with Crippen LogP contribution in [0.15, 0.2) is 36.4 Å². The third kappa shape index (κ3) is 4.27. The van der Waals surface area contributed by atoms with E-state index < -0.39 is 0 Å². The van der Waals surface area contributed by atoms with Crippen molar-refractivity contribution in [1.82, 2.24) is 10.3 Å². The summed E-state index contributed by atoms with van der Waals surface area (Å²) in [5.41, 5.74) is 0.836. The van der Waals surface area contributed by atoms with E-state index in [2.05, 4.69) is 15.6 Å². The van der Waals surface area contributed by atoms with Gasteiger partial charge < -0.3 is 10.6 Å². The molecule has 0 fully saturated rings. The smallest absolute Gasteiger partial charge is 0.227 e. The van der Waals surface area contributed by atoms with Crippen molar-refractivity contribution < 1.29 is 9.59 Å². The van der Waals surface area contributed by atoms with Gasteiger partial charge in [0.15, 0.2) is 0 Å². The van der Waals surface area contributed by atoms with E-state index in [1.807, 2.05) is 44.2 Å². The molecule has 0 atom stereocenters. The number of hydrogen-bond donors (Lipinski definition) is 2. The molecular weight excluding hydrogens is 266 g/mol. The van der Waals surface area contributed by atoms with Crippen LogP contribution in [0.4, 0.5) is 5.82 Å². The number of carbonyl (C=O) groups is 2. The zero-order valence-corrected chi connectivity index (χ0v) is 12.2. The fourth-order valence-electron chi connectivity index (χ4n) is 1.84. The molecule has 2 aromatic rings. The topological polar surface area (TPSA) is 71.1 Å². The maximum absolute atomic E-state index is 11.8. The molecule has 2 amide bonds. The molecule has 0 radical (unpaired) electrons. The Morgan fingerprint density at radius 3 is 2.67 bits per heavy atom. The molecule has 0 spiro atoms.